The Kier molecular flexibility index (Phi) is 8.44. The lowest BCUT2D eigenvalue weighted by molar-refractivity contribution is 0.397. The lowest BCUT2D eigenvalue weighted by Crippen LogP contribution is -2.36. The first-order chi connectivity index (χ1) is 13.6. The molecule has 0 spiro atoms. The summed E-state index contributed by atoms with van der Waals surface area (Å²) in [5.41, 5.74) is 5.37. The molecule has 2 aromatic heterocycles. The van der Waals surface area contributed by atoms with Gasteiger partial charge in [-0.3, -0.25) is 4.99 Å². The van der Waals surface area contributed by atoms with E-state index in [0.717, 1.165) is 34.2 Å². The van der Waals surface area contributed by atoms with E-state index in [1.165, 1.54) is 0 Å². The number of hydrogen-bond acceptors (Lipinski definition) is 4. The minimum absolute atomic E-state index is 0. The Morgan fingerprint density at radius 2 is 1.86 bits per heavy atom. The summed E-state index contributed by atoms with van der Waals surface area (Å²) in [7, 11) is 3.37. The third-order valence-electron chi connectivity index (χ3n) is 4.37. The van der Waals surface area contributed by atoms with Crippen molar-refractivity contribution in [1.82, 2.24) is 25.4 Å². The highest BCUT2D eigenvalue weighted by molar-refractivity contribution is 14.0. The van der Waals surface area contributed by atoms with Gasteiger partial charge >= 0.3 is 0 Å². The van der Waals surface area contributed by atoms with Crippen molar-refractivity contribution in [2.45, 2.75) is 26.9 Å². The molecule has 8 heteroatoms. The molecule has 0 aliphatic heterocycles. The summed E-state index contributed by atoms with van der Waals surface area (Å²) in [5.74, 6) is 1.33. The normalized spacial score (nSPS) is 11.0. The molecule has 154 valence electrons. The van der Waals surface area contributed by atoms with Gasteiger partial charge in [0.1, 0.15) is 0 Å². The number of aryl methyl sites for hydroxylation is 2. The number of pyridine rings is 1. The highest BCUT2D eigenvalue weighted by Crippen LogP contribution is 2.16. The van der Waals surface area contributed by atoms with Crippen LogP contribution in [0, 0.1) is 13.8 Å². The van der Waals surface area contributed by atoms with Crippen molar-refractivity contribution in [3.8, 4) is 11.6 Å². The molecule has 0 amide bonds. The molecule has 0 atom stereocenters. The minimum atomic E-state index is 0. The van der Waals surface area contributed by atoms with Crippen LogP contribution in [-0.2, 0) is 13.1 Å². The quantitative estimate of drug-likeness (QED) is 0.305. The van der Waals surface area contributed by atoms with Crippen LogP contribution in [0.1, 0.15) is 22.5 Å². The molecule has 0 saturated carbocycles. The predicted octanol–water partition coefficient (Wildman–Crippen LogP) is 3.38. The van der Waals surface area contributed by atoms with Gasteiger partial charge in [0.25, 0.3) is 0 Å². The number of benzene rings is 1. The lowest BCUT2D eigenvalue weighted by atomic mass is 10.1. The van der Waals surface area contributed by atoms with Crippen molar-refractivity contribution < 1.29 is 4.74 Å². The van der Waals surface area contributed by atoms with Crippen molar-refractivity contribution in [2.75, 3.05) is 14.2 Å². The summed E-state index contributed by atoms with van der Waals surface area (Å²) in [5, 5.41) is 11.3. The number of hydrogen-bond donors (Lipinski definition) is 2. The summed E-state index contributed by atoms with van der Waals surface area (Å²) >= 11 is 0. The second-order valence-electron chi connectivity index (χ2n) is 6.46. The summed E-state index contributed by atoms with van der Waals surface area (Å²) in [6.07, 6.45) is 1.79. The SMILES string of the molecule is CN=C(NCc1ccc(OC)nc1)NCc1ccccc1-n1nc(C)cc1C.I. The predicted molar refractivity (Wildman–Crippen MR) is 126 cm³/mol. The molecule has 2 heterocycles. The van der Waals surface area contributed by atoms with Gasteiger partial charge in [0.05, 0.1) is 18.5 Å². The van der Waals surface area contributed by atoms with Crippen molar-refractivity contribution in [1.29, 1.82) is 0 Å². The smallest absolute Gasteiger partial charge is 0.212 e. The molecule has 1 aromatic carbocycles. The first-order valence-corrected chi connectivity index (χ1v) is 9.15. The number of methoxy groups -OCH3 is 1. The molecular formula is C21H27IN6O. The Morgan fingerprint density at radius 3 is 2.48 bits per heavy atom. The van der Waals surface area contributed by atoms with Crippen LogP contribution in [0.2, 0.25) is 0 Å². The fraction of sp³-hybridized carbons (Fsp3) is 0.286. The van der Waals surface area contributed by atoms with E-state index in [4.69, 9.17) is 4.74 Å². The lowest BCUT2D eigenvalue weighted by Gasteiger charge is -2.15. The van der Waals surface area contributed by atoms with Crippen LogP contribution in [0.25, 0.3) is 5.69 Å². The van der Waals surface area contributed by atoms with Crippen molar-refractivity contribution in [3.05, 3.63) is 71.2 Å². The zero-order valence-corrected chi connectivity index (χ0v) is 19.5. The zero-order valence-electron chi connectivity index (χ0n) is 17.1. The second-order valence-corrected chi connectivity index (χ2v) is 6.46. The molecule has 2 N–H and O–H groups in total. The topological polar surface area (TPSA) is 76.4 Å². The molecule has 0 unspecified atom stereocenters. The number of guanidine groups is 1. The third-order valence-corrected chi connectivity index (χ3v) is 4.37. The number of para-hydroxylation sites is 1. The van der Waals surface area contributed by atoms with Crippen LogP contribution in [-0.4, -0.2) is 34.9 Å². The van der Waals surface area contributed by atoms with Crippen LogP contribution in [0.3, 0.4) is 0 Å². The molecule has 3 rings (SSSR count). The Labute approximate surface area is 188 Å². The maximum atomic E-state index is 5.09. The maximum absolute atomic E-state index is 5.09. The van der Waals surface area contributed by atoms with Gasteiger partial charge in [-0.2, -0.15) is 5.10 Å². The fourth-order valence-electron chi connectivity index (χ4n) is 2.96. The van der Waals surface area contributed by atoms with E-state index in [1.807, 2.05) is 35.9 Å². The largest absolute Gasteiger partial charge is 0.481 e. The van der Waals surface area contributed by atoms with E-state index < -0.39 is 0 Å². The third kappa shape index (κ3) is 5.93. The minimum Gasteiger partial charge on any atom is -0.481 e. The highest BCUT2D eigenvalue weighted by atomic mass is 127. The Balaban J connectivity index is 0.00000300. The molecule has 0 fully saturated rings. The number of halogens is 1. The molecule has 0 aliphatic rings. The Morgan fingerprint density at radius 1 is 1.10 bits per heavy atom. The van der Waals surface area contributed by atoms with Crippen LogP contribution >= 0.6 is 24.0 Å². The average Bonchev–Trinajstić information content (AvgIpc) is 3.06. The van der Waals surface area contributed by atoms with Gasteiger partial charge in [0.2, 0.25) is 5.88 Å². The first-order valence-electron chi connectivity index (χ1n) is 9.15. The number of rotatable bonds is 6. The number of aromatic nitrogens is 3. The standard InChI is InChI=1S/C21H26N6O.HI/c1-15-11-16(2)27(26-15)19-8-6-5-7-18(19)14-25-21(22-3)24-13-17-9-10-20(28-4)23-12-17;/h5-12H,13-14H2,1-4H3,(H2,22,24,25);1H. The summed E-state index contributed by atoms with van der Waals surface area (Å²) in [6, 6.07) is 14.1. The van der Waals surface area contributed by atoms with Gasteiger partial charge < -0.3 is 15.4 Å². The zero-order chi connectivity index (χ0) is 19.9. The maximum Gasteiger partial charge on any atom is 0.212 e. The molecule has 0 bridgehead atoms. The van der Waals surface area contributed by atoms with E-state index >= 15 is 0 Å². The van der Waals surface area contributed by atoms with Gasteiger partial charge in [-0.15, -0.1) is 24.0 Å². The van der Waals surface area contributed by atoms with E-state index in [1.54, 1.807) is 20.4 Å². The van der Waals surface area contributed by atoms with E-state index in [9.17, 15) is 0 Å². The van der Waals surface area contributed by atoms with Crippen molar-refractivity contribution in [3.63, 3.8) is 0 Å². The number of nitrogens with zero attached hydrogens (tertiary/aromatic N) is 4. The summed E-state index contributed by atoms with van der Waals surface area (Å²) in [4.78, 5) is 8.52. The van der Waals surface area contributed by atoms with Gasteiger partial charge in [-0.25, -0.2) is 9.67 Å². The van der Waals surface area contributed by atoms with Crippen LogP contribution in [0.4, 0.5) is 0 Å². The Bertz CT molecular complexity index is 952. The van der Waals surface area contributed by atoms with Crippen molar-refractivity contribution >= 4 is 29.9 Å². The number of nitrogens with one attached hydrogen (secondary N) is 2. The van der Waals surface area contributed by atoms with Crippen LogP contribution < -0.4 is 15.4 Å². The number of ether oxygens (including phenoxy) is 1. The highest BCUT2D eigenvalue weighted by Gasteiger charge is 2.09. The molecule has 0 saturated heterocycles. The van der Waals surface area contributed by atoms with Gasteiger partial charge in [0.15, 0.2) is 5.96 Å². The molecule has 7 nitrogen and oxygen atoms in total. The molecule has 29 heavy (non-hydrogen) atoms. The molecular weight excluding hydrogens is 479 g/mol. The van der Waals surface area contributed by atoms with Crippen molar-refractivity contribution in [2.24, 2.45) is 4.99 Å². The molecule has 0 radical (unpaired) electrons. The second kappa shape index (κ2) is 10.8. The summed E-state index contributed by atoms with van der Waals surface area (Å²) < 4.78 is 7.06. The summed E-state index contributed by atoms with van der Waals surface area (Å²) in [6.45, 7) is 5.32. The fourth-order valence-corrected chi connectivity index (χ4v) is 2.96. The molecule has 0 aliphatic carbocycles. The van der Waals surface area contributed by atoms with Crippen LogP contribution in [0.5, 0.6) is 5.88 Å². The van der Waals surface area contributed by atoms with E-state index in [2.05, 4.69) is 50.8 Å². The van der Waals surface area contributed by atoms with Gasteiger partial charge in [0, 0.05) is 38.1 Å². The van der Waals surface area contributed by atoms with Gasteiger partial charge in [-0.05, 0) is 37.1 Å². The van der Waals surface area contributed by atoms with E-state index in [-0.39, 0.29) is 24.0 Å². The Hall–Kier alpha value is -2.62. The van der Waals surface area contributed by atoms with E-state index in [0.29, 0.717) is 19.0 Å². The first kappa shape index (κ1) is 22.7. The van der Waals surface area contributed by atoms with Gasteiger partial charge in [-0.1, -0.05) is 24.3 Å². The molecule has 3 aromatic rings. The number of aliphatic imine (C=N–C) groups is 1. The average molecular weight is 506 g/mol. The van der Waals surface area contributed by atoms with Crippen LogP contribution in [0.15, 0.2) is 53.7 Å². The monoisotopic (exact) mass is 506 g/mol.